The number of carbonyl (C=O) groups is 1. The molecule has 0 aliphatic heterocycles. The Morgan fingerprint density at radius 2 is 1.94 bits per heavy atom. The van der Waals surface area contributed by atoms with Crippen LogP contribution in [-0.4, -0.2) is 10.8 Å². The summed E-state index contributed by atoms with van der Waals surface area (Å²) in [5.41, 5.74) is -0.479. The lowest BCUT2D eigenvalue weighted by molar-refractivity contribution is -0.129. The molecule has 1 aromatic carbocycles. The molecule has 1 rings (SSSR count). The van der Waals surface area contributed by atoms with Gasteiger partial charge in [-0.25, -0.2) is 0 Å². The highest BCUT2D eigenvalue weighted by Crippen LogP contribution is 2.30. The van der Waals surface area contributed by atoms with Gasteiger partial charge in [0.05, 0.1) is 5.02 Å². The lowest BCUT2D eigenvalue weighted by atomic mass is 9.91. The summed E-state index contributed by atoms with van der Waals surface area (Å²) in [7, 11) is 0. The van der Waals surface area contributed by atoms with Crippen molar-refractivity contribution in [1.29, 1.82) is 0 Å². The summed E-state index contributed by atoms with van der Waals surface area (Å²) in [6, 6.07) is 4.86. The minimum absolute atomic E-state index is 0.0523. The summed E-state index contributed by atoms with van der Waals surface area (Å²) >= 11 is 14.9. The molecule has 17 heavy (non-hydrogen) atoms. The van der Waals surface area contributed by atoms with Gasteiger partial charge in [-0.3, -0.25) is 4.79 Å². The zero-order valence-corrected chi connectivity index (χ0v) is 12.9. The van der Waals surface area contributed by atoms with Crippen molar-refractivity contribution in [2.24, 2.45) is 5.41 Å². The van der Waals surface area contributed by atoms with Gasteiger partial charge in [0, 0.05) is 10.4 Å². The molecular formula is C12H13BrCl2O2. The van der Waals surface area contributed by atoms with E-state index < -0.39 is 10.4 Å². The molecule has 0 heterocycles. The van der Waals surface area contributed by atoms with Crippen LogP contribution < -0.4 is 4.74 Å². The standard InChI is InChI=1S/C12H13BrCl2O2/c1-12(2,3)10(16)11(13)17-9-5-4-7(14)6-8(9)15/h4-6,11H,1-3H3. The van der Waals surface area contributed by atoms with E-state index in [1.807, 2.05) is 20.8 Å². The van der Waals surface area contributed by atoms with Crippen LogP contribution in [0.1, 0.15) is 20.8 Å². The van der Waals surface area contributed by atoms with Crippen molar-refractivity contribution < 1.29 is 9.53 Å². The average molecular weight is 340 g/mol. The van der Waals surface area contributed by atoms with Crippen molar-refractivity contribution in [3.8, 4) is 5.75 Å². The van der Waals surface area contributed by atoms with E-state index in [2.05, 4.69) is 15.9 Å². The Morgan fingerprint density at radius 3 is 2.41 bits per heavy atom. The molecule has 0 radical (unpaired) electrons. The second-order valence-corrected chi connectivity index (χ2v) is 6.30. The van der Waals surface area contributed by atoms with Crippen molar-refractivity contribution in [3.05, 3.63) is 28.2 Å². The first kappa shape index (κ1) is 14.8. The topological polar surface area (TPSA) is 26.3 Å². The van der Waals surface area contributed by atoms with Gasteiger partial charge in [0.25, 0.3) is 0 Å². The van der Waals surface area contributed by atoms with Gasteiger partial charge in [-0.1, -0.05) is 44.0 Å². The van der Waals surface area contributed by atoms with E-state index in [0.29, 0.717) is 15.8 Å². The molecule has 1 atom stereocenters. The molecule has 0 aliphatic rings. The molecule has 0 amide bonds. The third-order valence-corrected chi connectivity index (χ3v) is 3.20. The molecule has 0 saturated heterocycles. The van der Waals surface area contributed by atoms with E-state index >= 15 is 0 Å². The first-order valence-electron chi connectivity index (χ1n) is 5.02. The number of Topliss-reactive ketones (excluding diaryl/α,β-unsaturated/α-hetero) is 1. The molecule has 0 saturated carbocycles. The van der Waals surface area contributed by atoms with Crippen molar-refractivity contribution in [2.75, 3.05) is 0 Å². The Balaban J connectivity index is 2.81. The number of benzene rings is 1. The third-order valence-electron chi connectivity index (χ3n) is 2.07. The van der Waals surface area contributed by atoms with E-state index in [4.69, 9.17) is 27.9 Å². The minimum Gasteiger partial charge on any atom is -0.470 e. The molecule has 94 valence electrons. The Kier molecular flexibility index (Phi) is 4.87. The maximum absolute atomic E-state index is 11.9. The van der Waals surface area contributed by atoms with Crippen molar-refractivity contribution in [3.63, 3.8) is 0 Å². The van der Waals surface area contributed by atoms with Gasteiger partial charge >= 0.3 is 0 Å². The first-order chi connectivity index (χ1) is 7.71. The van der Waals surface area contributed by atoms with Gasteiger partial charge in [0.2, 0.25) is 5.01 Å². The molecule has 1 unspecified atom stereocenters. The maximum atomic E-state index is 11.9. The number of rotatable bonds is 3. The van der Waals surface area contributed by atoms with Gasteiger partial charge in [0.15, 0.2) is 5.78 Å². The Labute approximate surface area is 119 Å². The normalized spacial score (nSPS) is 13.3. The van der Waals surface area contributed by atoms with Gasteiger partial charge in [-0.2, -0.15) is 0 Å². The van der Waals surface area contributed by atoms with E-state index in [1.54, 1.807) is 18.2 Å². The van der Waals surface area contributed by atoms with Crippen molar-refractivity contribution in [1.82, 2.24) is 0 Å². The molecule has 0 bridgehead atoms. The SMILES string of the molecule is CC(C)(C)C(=O)C(Br)Oc1ccc(Cl)cc1Cl. The van der Waals surface area contributed by atoms with E-state index in [9.17, 15) is 4.79 Å². The monoisotopic (exact) mass is 338 g/mol. The van der Waals surface area contributed by atoms with E-state index in [-0.39, 0.29) is 5.78 Å². The average Bonchev–Trinajstić information content (AvgIpc) is 2.19. The number of hydrogen-bond acceptors (Lipinski definition) is 2. The van der Waals surface area contributed by atoms with E-state index in [1.165, 1.54) is 0 Å². The lowest BCUT2D eigenvalue weighted by Crippen LogP contribution is -2.32. The summed E-state index contributed by atoms with van der Waals surface area (Å²) in [6.45, 7) is 5.49. The summed E-state index contributed by atoms with van der Waals surface area (Å²) in [5, 5.41) is 0.181. The largest absolute Gasteiger partial charge is 0.470 e. The number of ketones is 1. The van der Waals surface area contributed by atoms with Crippen LogP contribution in [0.3, 0.4) is 0 Å². The van der Waals surface area contributed by atoms with Crippen LogP contribution in [0.5, 0.6) is 5.75 Å². The Bertz CT molecular complexity index is 427. The van der Waals surface area contributed by atoms with Crippen LogP contribution in [0.4, 0.5) is 0 Å². The summed E-state index contributed by atoms with van der Waals surface area (Å²) < 4.78 is 5.46. The van der Waals surface area contributed by atoms with Crippen LogP contribution in [-0.2, 0) is 4.79 Å². The predicted octanol–water partition coefficient (Wildman–Crippen LogP) is 4.71. The second kappa shape index (κ2) is 5.59. The number of ether oxygens (including phenoxy) is 1. The minimum atomic E-state index is -0.721. The van der Waals surface area contributed by atoms with Crippen molar-refractivity contribution in [2.45, 2.75) is 25.8 Å². The highest BCUT2D eigenvalue weighted by Gasteiger charge is 2.29. The van der Waals surface area contributed by atoms with Crippen LogP contribution >= 0.6 is 39.1 Å². The lowest BCUT2D eigenvalue weighted by Gasteiger charge is -2.21. The molecule has 0 N–H and O–H groups in total. The number of carbonyl (C=O) groups excluding carboxylic acids is 1. The first-order valence-corrected chi connectivity index (χ1v) is 6.69. The van der Waals surface area contributed by atoms with Gasteiger partial charge in [-0.05, 0) is 34.1 Å². The van der Waals surface area contributed by atoms with Crippen LogP contribution in [0.15, 0.2) is 18.2 Å². The Hall–Kier alpha value is -0.250. The van der Waals surface area contributed by atoms with Crippen molar-refractivity contribution >= 4 is 44.9 Å². The fourth-order valence-electron chi connectivity index (χ4n) is 1.08. The molecular weight excluding hydrogens is 327 g/mol. The highest BCUT2D eigenvalue weighted by atomic mass is 79.9. The van der Waals surface area contributed by atoms with Gasteiger partial charge < -0.3 is 4.74 Å². The molecule has 0 spiro atoms. The molecule has 2 nitrogen and oxygen atoms in total. The molecule has 0 aromatic heterocycles. The summed E-state index contributed by atoms with van der Waals surface area (Å²) in [6.07, 6.45) is 0. The number of halogens is 3. The predicted molar refractivity (Wildman–Crippen MR) is 74.3 cm³/mol. The quantitative estimate of drug-likeness (QED) is 0.745. The number of alkyl halides is 1. The van der Waals surface area contributed by atoms with Crippen LogP contribution in [0.2, 0.25) is 10.0 Å². The van der Waals surface area contributed by atoms with Crippen LogP contribution in [0.25, 0.3) is 0 Å². The second-order valence-electron chi connectivity index (χ2n) is 4.62. The Morgan fingerprint density at radius 1 is 1.35 bits per heavy atom. The smallest absolute Gasteiger partial charge is 0.211 e. The third kappa shape index (κ3) is 4.16. The highest BCUT2D eigenvalue weighted by molar-refractivity contribution is 9.09. The van der Waals surface area contributed by atoms with Gasteiger partial charge in [-0.15, -0.1) is 0 Å². The molecule has 0 fully saturated rings. The van der Waals surface area contributed by atoms with Gasteiger partial charge in [0.1, 0.15) is 5.75 Å². The molecule has 0 aliphatic carbocycles. The summed E-state index contributed by atoms with van der Waals surface area (Å²) in [5.74, 6) is 0.374. The maximum Gasteiger partial charge on any atom is 0.211 e. The molecule has 5 heteroatoms. The van der Waals surface area contributed by atoms with Crippen LogP contribution in [0, 0.1) is 5.41 Å². The number of hydrogen-bond donors (Lipinski definition) is 0. The summed E-state index contributed by atoms with van der Waals surface area (Å²) in [4.78, 5) is 11.9. The zero-order chi connectivity index (χ0) is 13.2. The van der Waals surface area contributed by atoms with E-state index in [0.717, 1.165) is 0 Å². The fourth-order valence-corrected chi connectivity index (χ4v) is 2.42. The fraction of sp³-hybridized carbons (Fsp3) is 0.417. The molecule has 1 aromatic rings. The zero-order valence-electron chi connectivity index (χ0n) is 9.76.